The van der Waals surface area contributed by atoms with Crippen molar-refractivity contribution in [2.24, 2.45) is 0 Å². The fourth-order valence-corrected chi connectivity index (χ4v) is 8.71. The minimum atomic E-state index is -1.28. The number of nitrogens with one attached hydrogen (secondary N) is 4. The molecule has 3 heterocycles. The largest absolute Gasteiger partial charge is 0.480 e. The van der Waals surface area contributed by atoms with Gasteiger partial charge in [0.1, 0.15) is 30.7 Å². The Bertz CT molecular complexity index is 1680. The Balaban J connectivity index is 2.08. The summed E-state index contributed by atoms with van der Waals surface area (Å²) in [5.41, 5.74) is 1.39. The number of carboxylic acid groups (broad SMARTS) is 3. The third-order valence-electron chi connectivity index (χ3n) is 9.41. The van der Waals surface area contributed by atoms with Crippen molar-refractivity contribution in [1.82, 2.24) is 30.4 Å². The zero-order chi connectivity index (χ0) is 41.2. The van der Waals surface area contributed by atoms with E-state index >= 15 is 0 Å². The molecule has 4 bridgehead atoms. The maximum Gasteiger partial charge on any atom is 0.326 e. The van der Waals surface area contributed by atoms with Crippen LogP contribution >= 0.6 is 23.5 Å². The summed E-state index contributed by atoms with van der Waals surface area (Å²) in [6, 6.07) is -0.938. The fraction of sp³-hybridized carbons (Fsp3) is 0.605. The first-order valence-corrected chi connectivity index (χ1v) is 21.2. The van der Waals surface area contributed by atoms with Crippen molar-refractivity contribution in [3.63, 3.8) is 0 Å². The maximum absolute atomic E-state index is 13.4. The number of hydrogen-bond acceptors (Lipinski definition) is 9. The van der Waals surface area contributed by atoms with Crippen molar-refractivity contribution in [1.29, 1.82) is 0 Å². The number of aliphatic carboxylic acids is 3. The van der Waals surface area contributed by atoms with Crippen molar-refractivity contribution in [2.75, 3.05) is 24.6 Å². The highest BCUT2D eigenvalue weighted by Gasteiger charge is 2.30. The number of carbonyl (C=O) groups is 7. The van der Waals surface area contributed by atoms with Crippen LogP contribution in [0.3, 0.4) is 0 Å². The number of fused-ring (bicyclic) bond motifs is 4. The van der Waals surface area contributed by atoms with Gasteiger partial charge in [-0.15, -0.1) is 23.5 Å². The molecule has 1 aliphatic rings. The van der Waals surface area contributed by atoms with E-state index in [9.17, 15) is 48.9 Å². The number of carbonyl (C=O) groups excluding carboxylic acids is 4. The Kier molecular flexibility index (Phi) is 19.3. The van der Waals surface area contributed by atoms with E-state index in [2.05, 4.69) is 21.3 Å². The summed E-state index contributed by atoms with van der Waals surface area (Å²) >= 11 is 2.49. The molecule has 4 atom stereocenters. The lowest BCUT2D eigenvalue weighted by Crippen LogP contribution is -2.49. The maximum atomic E-state index is 13.4. The van der Waals surface area contributed by atoms with Gasteiger partial charge in [-0.2, -0.15) is 0 Å². The van der Waals surface area contributed by atoms with Crippen molar-refractivity contribution in [3.8, 4) is 0 Å². The molecule has 4 amide bonds. The Hall–Kier alpha value is -4.45. The van der Waals surface area contributed by atoms with Crippen LogP contribution in [-0.2, 0) is 46.4 Å². The van der Waals surface area contributed by atoms with Gasteiger partial charge in [-0.25, -0.2) is 9.59 Å². The monoisotopic (exact) mass is 820 g/mol. The molecule has 7 N–H and O–H groups in total. The van der Waals surface area contributed by atoms with Crippen molar-refractivity contribution < 1.29 is 48.9 Å². The Morgan fingerprint density at radius 2 is 1.12 bits per heavy atom. The first kappa shape index (κ1) is 45.9. The van der Waals surface area contributed by atoms with Gasteiger partial charge in [-0.05, 0) is 57.6 Å². The van der Waals surface area contributed by atoms with Crippen LogP contribution in [-0.4, -0.2) is 103 Å². The topological polar surface area (TPSA) is 238 Å². The lowest BCUT2D eigenvalue weighted by molar-refractivity contribution is -0.142. The Morgan fingerprint density at radius 3 is 1.50 bits per heavy atom. The third-order valence-corrected chi connectivity index (χ3v) is 11.8. The molecule has 0 unspecified atom stereocenters. The highest BCUT2D eigenvalue weighted by atomic mass is 32.2. The summed E-state index contributed by atoms with van der Waals surface area (Å²) in [6.07, 6.45) is 8.72. The third kappa shape index (κ3) is 13.9. The number of unbranched alkanes of at least 4 members (excludes halogenated alkanes) is 4. The molecule has 2 aromatic heterocycles. The summed E-state index contributed by atoms with van der Waals surface area (Å²) in [5.74, 6) is -5.74. The summed E-state index contributed by atoms with van der Waals surface area (Å²) < 4.78 is 3.24. The molecule has 16 nitrogen and oxygen atoms in total. The van der Waals surface area contributed by atoms with Gasteiger partial charge in [0.05, 0.1) is 0 Å². The summed E-state index contributed by atoms with van der Waals surface area (Å²) in [6.45, 7) is 5.49. The van der Waals surface area contributed by atoms with Crippen LogP contribution in [0.1, 0.15) is 108 Å². The Labute approximate surface area is 335 Å². The number of nitrogens with zero attached hydrogens (tertiary/aromatic N) is 2. The van der Waals surface area contributed by atoms with E-state index in [1.807, 2.05) is 13.8 Å². The molecule has 0 radical (unpaired) electrons. The predicted molar refractivity (Wildman–Crippen MR) is 212 cm³/mol. The zero-order valence-corrected chi connectivity index (χ0v) is 34.0. The quantitative estimate of drug-likeness (QED) is 0.127. The number of carboxylic acids is 3. The fourth-order valence-electron chi connectivity index (χ4n) is 6.49. The van der Waals surface area contributed by atoms with Crippen LogP contribution in [0.15, 0.2) is 34.3 Å². The molecule has 0 spiro atoms. The standard InChI is InChI=1S/C38H56N6O10S2/c1-4-7-9-11-26-30-17-19-43(26)29(38(53)54)14-16-33(46)42-25(36(50)40-21-34(47)48)23-56-31-18-20-44(27(31)12-10-8-5-2)28(37(51)52)13-15-32(45)41-24(22-55-30)35(49)39-6-3/h17-20,24-25,28-29H,4-16,21-23H2,1-3H3,(H,39,49)(H,40,50)(H,41,45)(H,42,46)(H,47,48)(H,51,52)(H,53,54)/t24-,25-,28+,29+/m1/s1. The first-order valence-electron chi connectivity index (χ1n) is 19.3. The van der Waals surface area contributed by atoms with E-state index in [4.69, 9.17) is 0 Å². The average Bonchev–Trinajstić information content (AvgIpc) is 3.73. The second kappa shape index (κ2) is 23.6. The minimum absolute atomic E-state index is 0.0363. The number of aromatic nitrogens is 2. The average molecular weight is 821 g/mol. The lowest BCUT2D eigenvalue weighted by atomic mass is 10.1. The number of thioether (sulfide) groups is 2. The molecule has 310 valence electrons. The number of amides is 4. The van der Waals surface area contributed by atoms with Gasteiger partial charge in [0, 0.05) is 64.5 Å². The van der Waals surface area contributed by atoms with E-state index in [0.717, 1.165) is 43.4 Å². The van der Waals surface area contributed by atoms with Crippen molar-refractivity contribution in [3.05, 3.63) is 35.9 Å². The molecule has 0 fully saturated rings. The SMILES string of the molecule is CCCCCc1c2ccn1[C@H](C(=O)O)CCC(=O)N[C@@H](C(=O)NCC(=O)O)CSc1ccn(c1CCCCC)[C@H](C(=O)O)CCC(=O)N[C@@H](C(=O)NCC)CS2. The Morgan fingerprint density at radius 1 is 0.696 bits per heavy atom. The minimum Gasteiger partial charge on any atom is -0.480 e. The van der Waals surface area contributed by atoms with Crippen LogP contribution in [0.25, 0.3) is 0 Å². The molecule has 0 aliphatic carbocycles. The van der Waals surface area contributed by atoms with Gasteiger partial charge >= 0.3 is 17.9 Å². The van der Waals surface area contributed by atoms with Gasteiger partial charge in [0.2, 0.25) is 23.6 Å². The summed E-state index contributed by atoms with van der Waals surface area (Å²) in [7, 11) is 0. The van der Waals surface area contributed by atoms with Crippen LogP contribution in [0.5, 0.6) is 0 Å². The van der Waals surface area contributed by atoms with E-state index in [0.29, 0.717) is 35.7 Å². The normalized spacial score (nSPS) is 20.1. The van der Waals surface area contributed by atoms with Crippen LogP contribution in [0, 0.1) is 0 Å². The molecular formula is C38H56N6O10S2. The van der Waals surface area contributed by atoms with Crippen LogP contribution in [0.2, 0.25) is 0 Å². The molecule has 18 heteroatoms. The van der Waals surface area contributed by atoms with E-state index < -0.39 is 72.2 Å². The first-order chi connectivity index (χ1) is 26.8. The molecule has 0 aromatic carbocycles. The van der Waals surface area contributed by atoms with Crippen molar-refractivity contribution >= 4 is 65.1 Å². The number of likely N-dealkylation sites (N-methyl/N-ethyl adjacent to an activating group) is 1. The summed E-state index contributed by atoms with van der Waals surface area (Å²) in [4.78, 5) is 91.2. The zero-order valence-electron chi connectivity index (χ0n) is 32.3. The van der Waals surface area contributed by atoms with E-state index in [1.165, 1.54) is 23.5 Å². The molecule has 3 rings (SSSR count). The van der Waals surface area contributed by atoms with E-state index in [1.54, 1.807) is 40.6 Å². The number of hydrogen-bond donors (Lipinski definition) is 7. The van der Waals surface area contributed by atoms with Gasteiger partial charge < -0.3 is 45.7 Å². The molecular weight excluding hydrogens is 765 g/mol. The number of rotatable bonds is 15. The molecule has 1 aliphatic heterocycles. The second-order valence-corrected chi connectivity index (χ2v) is 15.8. The molecule has 0 saturated heterocycles. The molecule has 0 saturated carbocycles. The molecule has 2 aromatic rings. The van der Waals surface area contributed by atoms with Crippen LogP contribution in [0.4, 0.5) is 0 Å². The molecule has 56 heavy (non-hydrogen) atoms. The highest BCUT2D eigenvalue weighted by molar-refractivity contribution is 7.99. The summed E-state index contributed by atoms with van der Waals surface area (Å²) in [5, 5.41) is 40.4. The van der Waals surface area contributed by atoms with Gasteiger partial charge in [-0.1, -0.05) is 39.5 Å². The van der Waals surface area contributed by atoms with Crippen molar-refractivity contribution in [2.45, 2.75) is 132 Å². The van der Waals surface area contributed by atoms with Gasteiger partial charge in [0.25, 0.3) is 0 Å². The van der Waals surface area contributed by atoms with E-state index in [-0.39, 0.29) is 37.2 Å². The van der Waals surface area contributed by atoms with Gasteiger partial charge in [-0.3, -0.25) is 24.0 Å². The highest BCUT2D eigenvalue weighted by Crippen LogP contribution is 2.32. The second-order valence-electron chi connectivity index (χ2n) is 13.6. The van der Waals surface area contributed by atoms with Crippen LogP contribution < -0.4 is 21.3 Å². The predicted octanol–water partition coefficient (Wildman–Crippen LogP) is 3.77. The smallest absolute Gasteiger partial charge is 0.326 e. The van der Waals surface area contributed by atoms with Gasteiger partial charge in [0.15, 0.2) is 0 Å². The lowest BCUT2D eigenvalue weighted by Gasteiger charge is -2.22.